The van der Waals surface area contributed by atoms with Gasteiger partial charge < -0.3 is 20.4 Å². The van der Waals surface area contributed by atoms with Crippen LogP contribution >= 0.6 is 22.9 Å². The van der Waals surface area contributed by atoms with E-state index >= 15 is 0 Å². The van der Waals surface area contributed by atoms with E-state index in [9.17, 15) is 14.4 Å². The molecular weight excluding hydrogens is 526 g/mol. The highest BCUT2D eigenvalue weighted by molar-refractivity contribution is 7.19. The van der Waals surface area contributed by atoms with Gasteiger partial charge in [0.2, 0.25) is 5.91 Å². The monoisotopic (exact) mass is 555 g/mol. The molecule has 3 aliphatic rings. The SMILES string of the molecule is C[C@@H]1CN(C(=O)[C@H]2CCc3c(sc4ncnc(Nc5cc(Cl)c6n(c5=O)C(C)(C)NC6=O)c34)C2)CCN1C. The molecule has 6 rings (SSSR count). The Morgan fingerprint density at radius 3 is 2.82 bits per heavy atom. The molecule has 1 saturated heterocycles. The van der Waals surface area contributed by atoms with Crippen molar-refractivity contribution < 1.29 is 9.59 Å². The maximum Gasteiger partial charge on any atom is 0.276 e. The quantitative estimate of drug-likeness (QED) is 0.511. The number of aryl methyl sites for hydroxylation is 1. The largest absolute Gasteiger partial charge is 0.340 e. The fourth-order valence-electron chi connectivity index (χ4n) is 5.86. The molecule has 0 radical (unpaired) electrons. The van der Waals surface area contributed by atoms with E-state index in [-0.39, 0.29) is 39.7 Å². The highest BCUT2D eigenvalue weighted by Gasteiger charge is 2.39. The van der Waals surface area contributed by atoms with Crippen LogP contribution in [0.1, 0.15) is 48.1 Å². The van der Waals surface area contributed by atoms with Gasteiger partial charge in [0.25, 0.3) is 11.5 Å². The van der Waals surface area contributed by atoms with Crippen molar-refractivity contribution in [2.24, 2.45) is 5.92 Å². The number of amides is 2. The molecule has 0 bridgehead atoms. The van der Waals surface area contributed by atoms with E-state index in [1.54, 1.807) is 25.2 Å². The number of hydrogen-bond donors (Lipinski definition) is 2. The van der Waals surface area contributed by atoms with Gasteiger partial charge in [-0.3, -0.25) is 19.0 Å². The third-order valence-electron chi connectivity index (χ3n) is 8.07. The van der Waals surface area contributed by atoms with Crippen molar-refractivity contribution in [2.45, 2.75) is 51.7 Å². The zero-order valence-electron chi connectivity index (χ0n) is 21.8. The predicted octanol–water partition coefficient (Wildman–Crippen LogP) is 2.95. The van der Waals surface area contributed by atoms with Gasteiger partial charge in [0, 0.05) is 36.5 Å². The predicted molar refractivity (Wildman–Crippen MR) is 147 cm³/mol. The lowest BCUT2D eigenvalue weighted by Crippen LogP contribution is -2.53. The van der Waals surface area contributed by atoms with Crippen molar-refractivity contribution in [3.63, 3.8) is 0 Å². The first kappa shape index (κ1) is 25.3. The summed E-state index contributed by atoms with van der Waals surface area (Å²) in [5.74, 6) is 0.344. The Bertz CT molecular complexity index is 1550. The van der Waals surface area contributed by atoms with Crippen molar-refractivity contribution in [3.8, 4) is 0 Å². The van der Waals surface area contributed by atoms with Gasteiger partial charge in [0.15, 0.2) is 0 Å². The fourth-order valence-corrected chi connectivity index (χ4v) is 7.41. The lowest BCUT2D eigenvalue weighted by Gasteiger charge is -2.39. The standard InChI is InChI=1S/C26H30ClN7O3S/c1-13-11-33(8-7-32(13)4)24(36)14-5-6-15-18(9-14)38-23-19(15)21(28-12-29-23)30-17-10-16(27)20-22(35)31-26(2,3)34(20)25(17)37/h10,12-14H,5-9,11H2,1-4H3,(H,31,35)(H,28,29,30)/t13-,14+/m1/s1. The summed E-state index contributed by atoms with van der Waals surface area (Å²) in [6.07, 6.45) is 3.67. The second kappa shape index (κ2) is 9.03. The molecule has 0 unspecified atom stereocenters. The van der Waals surface area contributed by atoms with Crippen molar-refractivity contribution in [2.75, 3.05) is 32.0 Å². The normalized spacial score (nSPS) is 22.8. The van der Waals surface area contributed by atoms with Crippen LogP contribution < -0.4 is 16.2 Å². The summed E-state index contributed by atoms with van der Waals surface area (Å²) in [6, 6.07) is 1.84. The Kier molecular flexibility index (Phi) is 6.00. The van der Waals surface area contributed by atoms with Gasteiger partial charge in [-0.25, -0.2) is 9.97 Å². The molecule has 2 amide bonds. The zero-order valence-corrected chi connectivity index (χ0v) is 23.4. The van der Waals surface area contributed by atoms with E-state index in [0.29, 0.717) is 18.3 Å². The molecule has 10 nitrogen and oxygen atoms in total. The van der Waals surface area contributed by atoms with Crippen LogP contribution in [0.5, 0.6) is 0 Å². The molecule has 2 aliphatic heterocycles. The highest BCUT2D eigenvalue weighted by Crippen LogP contribution is 2.41. The molecule has 0 spiro atoms. The first-order valence-corrected chi connectivity index (χ1v) is 14.0. The number of hydrogen-bond acceptors (Lipinski definition) is 8. The van der Waals surface area contributed by atoms with Crippen LogP contribution in [0.25, 0.3) is 10.2 Å². The van der Waals surface area contributed by atoms with Gasteiger partial charge in [-0.2, -0.15) is 0 Å². The maximum atomic E-state index is 13.4. The molecule has 0 aromatic carbocycles. The molecule has 38 heavy (non-hydrogen) atoms. The minimum absolute atomic E-state index is 0.0389. The second-order valence-corrected chi connectivity index (χ2v) is 12.5. The number of likely N-dealkylation sites (N-methyl/N-ethyl adjacent to an activating group) is 1. The number of thiophene rings is 1. The summed E-state index contributed by atoms with van der Waals surface area (Å²) >= 11 is 8.03. The number of fused-ring (bicyclic) bond motifs is 4. The van der Waals surface area contributed by atoms with Crippen LogP contribution in [0.3, 0.4) is 0 Å². The molecule has 1 aliphatic carbocycles. The summed E-state index contributed by atoms with van der Waals surface area (Å²) < 4.78 is 1.39. The number of aromatic nitrogens is 3. The van der Waals surface area contributed by atoms with Crippen LogP contribution in [-0.4, -0.2) is 68.9 Å². The van der Waals surface area contributed by atoms with Crippen molar-refractivity contribution in [1.82, 2.24) is 29.7 Å². The Morgan fingerprint density at radius 2 is 2.05 bits per heavy atom. The lowest BCUT2D eigenvalue weighted by molar-refractivity contribution is -0.138. The molecule has 200 valence electrons. The molecule has 1 fully saturated rings. The maximum absolute atomic E-state index is 13.4. The van der Waals surface area contributed by atoms with Gasteiger partial charge in [0.05, 0.1) is 10.4 Å². The van der Waals surface area contributed by atoms with Gasteiger partial charge in [-0.1, -0.05) is 11.6 Å². The number of nitrogens with one attached hydrogen (secondary N) is 2. The minimum atomic E-state index is -0.906. The van der Waals surface area contributed by atoms with Crippen molar-refractivity contribution in [3.05, 3.63) is 43.9 Å². The van der Waals surface area contributed by atoms with E-state index in [4.69, 9.17) is 11.6 Å². The smallest absolute Gasteiger partial charge is 0.276 e. The van der Waals surface area contributed by atoms with Crippen LogP contribution in [0.15, 0.2) is 17.2 Å². The number of pyridine rings is 1. The van der Waals surface area contributed by atoms with Gasteiger partial charge in [-0.05, 0) is 58.7 Å². The number of carbonyl (C=O) groups excluding carboxylic acids is 2. The molecule has 2 N–H and O–H groups in total. The molecule has 3 aromatic heterocycles. The van der Waals surface area contributed by atoms with E-state index in [1.807, 2.05) is 4.90 Å². The van der Waals surface area contributed by atoms with Crippen LogP contribution in [0.4, 0.5) is 11.5 Å². The van der Waals surface area contributed by atoms with E-state index in [1.165, 1.54) is 17.0 Å². The Hall–Kier alpha value is -3.02. The van der Waals surface area contributed by atoms with E-state index in [0.717, 1.165) is 53.1 Å². The Balaban J connectivity index is 1.31. The summed E-state index contributed by atoms with van der Waals surface area (Å²) in [7, 11) is 2.10. The molecule has 5 heterocycles. The molecule has 2 atom stereocenters. The number of carbonyl (C=O) groups is 2. The summed E-state index contributed by atoms with van der Waals surface area (Å²) in [4.78, 5) is 54.4. The zero-order chi connectivity index (χ0) is 26.9. The van der Waals surface area contributed by atoms with E-state index < -0.39 is 5.66 Å². The van der Waals surface area contributed by atoms with Crippen molar-refractivity contribution >= 4 is 56.5 Å². The minimum Gasteiger partial charge on any atom is -0.340 e. The van der Waals surface area contributed by atoms with Gasteiger partial charge >= 0.3 is 0 Å². The lowest BCUT2D eigenvalue weighted by atomic mass is 9.86. The topological polar surface area (TPSA) is 112 Å². The molecular formula is C26H30ClN7O3S. The number of anilines is 2. The van der Waals surface area contributed by atoms with Crippen LogP contribution in [0, 0.1) is 5.92 Å². The molecule has 12 heteroatoms. The Morgan fingerprint density at radius 1 is 1.26 bits per heavy atom. The third kappa shape index (κ3) is 3.99. The fraction of sp³-hybridized carbons (Fsp3) is 0.500. The molecule has 0 saturated carbocycles. The number of nitrogens with zero attached hydrogens (tertiary/aromatic N) is 5. The van der Waals surface area contributed by atoms with Crippen LogP contribution in [-0.2, 0) is 23.3 Å². The average molecular weight is 556 g/mol. The third-order valence-corrected chi connectivity index (χ3v) is 9.52. The van der Waals surface area contributed by atoms with Gasteiger partial charge in [0.1, 0.15) is 34.0 Å². The number of rotatable bonds is 3. The van der Waals surface area contributed by atoms with Crippen LogP contribution in [0.2, 0.25) is 5.02 Å². The summed E-state index contributed by atoms with van der Waals surface area (Å²) in [6.45, 7) is 8.09. The van der Waals surface area contributed by atoms with Gasteiger partial charge in [-0.15, -0.1) is 11.3 Å². The highest BCUT2D eigenvalue weighted by atomic mass is 35.5. The molecule has 3 aromatic rings. The first-order chi connectivity index (χ1) is 18.0. The van der Waals surface area contributed by atoms with Crippen molar-refractivity contribution in [1.29, 1.82) is 0 Å². The summed E-state index contributed by atoms with van der Waals surface area (Å²) in [5, 5.41) is 7.05. The first-order valence-electron chi connectivity index (χ1n) is 12.8. The second-order valence-electron chi connectivity index (χ2n) is 11.0. The average Bonchev–Trinajstić information content (AvgIpc) is 3.36. The van der Waals surface area contributed by atoms with E-state index in [2.05, 4.69) is 39.5 Å². The number of piperazine rings is 1. The summed E-state index contributed by atoms with van der Waals surface area (Å²) in [5.41, 5.74) is 0.245. The Labute approximate surface area is 229 Å². The number of halogens is 1.